The molecule has 2 aromatic rings. The van der Waals surface area contributed by atoms with E-state index in [-0.39, 0.29) is 29.5 Å². The smallest absolute Gasteiger partial charge is 0.252 e. The van der Waals surface area contributed by atoms with Gasteiger partial charge >= 0.3 is 0 Å². The van der Waals surface area contributed by atoms with Crippen LogP contribution in [0, 0.1) is 5.92 Å². The van der Waals surface area contributed by atoms with Crippen LogP contribution in [0.4, 0.5) is 0 Å². The van der Waals surface area contributed by atoms with E-state index in [4.69, 9.17) is 0 Å². The van der Waals surface area contributed by atoms with Gasteiger partial charge in [-0.1, -0.05) is 30.3 Å². The number of likely N-dealkylation sites (tertiary alicyclic amines) is 1. The van der Waals surface area contributed by atoms with E-state index in [2.05, 4.69) is 16.7 Å². The van der Waals surface area contributed by atoms with Crippen LogP contribution in [0.3, 0.4) is 0 Å². The molecule has 2 saturated heterocycles. The maximum Gasteiger partial charge on any atom is 0.252 e. The number of piperidine rings is 1. The number of hydrogen-bond acceptors (Lipinski definition) is 4. The molecule has 5 rings (SSSR count). The summed E-state index contributed by atoms with van der Waals surface area (Å²) in [4.78, 5) is 39.6. The number of carboxylic acid groups (broad SMARTS) is 1. The first kappa shape index (κ1) is 20.2. The molecule has 7 nitrogen and oxygen atoms in total. The summed E-state index contributed by atoms with van der Waals surface area (Å²) >= 11 is 0. The van der Waals surface area contributed by atoms with Crippen LogP contribution < -0.4 is 9.67 Å². The second-order valence-corrected chi connectivity index (χ2v) is 8.41. The minimum absolute atomic E-state index is 0.0616. The maximum absolute atomic E-state index is 12.7. The Labute approximate surface area is 185 Å². The van der Waals surface area contributed by atoms with Crippen LogP contribution >= 0.6 is 0 Å². The predicted octanol–water partition coefficient (Wildman–Crippen LogP) is 0.501. The number of nitrogens with zero attached hydrogens (tertiary/aromatic N) is 3. The number of amides is 2. The van der Waals surface area contributed by atoms with Crippen LogP contribution in [0.2, 0.25) is 0 Å². The molecule has 0 saturated carbocycles. The van der Waals surface area contributed by atoms with Gasteiger partial charge in [0.05, 0.1) is 17.7 Å². The van der Waals surface area contributed by atoms with Gasteiger partial charge < -0.3 is 19.7 Å². The monoisotopic (exact) mass is 429 g/mol. The summed E-state index contributed by atoms with van der Waals surface area (Å²) in [5.74, 6) is -1.97. The van der Waals surface area contributed by atoms with Crippen LogP contribution in [0.15, 0.2) is 72.1 Å². The standard InChI is InChI=1S/C25H23N3O4/c1-16(29)27-14-12-20-19(22(25(31)32)28-21(20)23(27)24(28)30)11-10-18-9-5-6-13-26(18)15-17-7-3-2-4-8-17/h2-11,13,20-21,23H,12,14-15H2,1H3/t20?,21-,23+/m1/s1. The van der Waals surface area contributed by atoms with Crippen molar-refractivity contribution in [2.45, 2.75) is 32.0 Å². The van der Waals surface area contributed by atoms with E-state index in [0.717, 1.165) is 11.3 Å². The Bertz CT molecular complexity index is 1170. The van der Waals surface area contributed by atoms with E-state index in [9.17, 15) is 19.5 Å². The van der Waals surface area contributed by atoms with Gasteiger partial charge in [0.1, 0.15) is 6.04 Å². The number of pyridine rings is 1. The Morgan fingerprint density at radius 2 is 1.88 bits per heavy atom. The molecule has 0 aliphatic carbocycles. The van der Waals surface area contributed by atoms with Gasteiger partial charge in [-0.25, -0.2) is 0 Å². The molecule has 3 atom stereocenters. The van der Waals surface area contributed by atoms with Gasteiger partial charge in [-0.3, -0.25) is 9.59 Å². The molecule has 3 aliphatic rings. The first-order valence-electron chi connectivity index (χ1n) is 10.7. The van der Waals surface area contributed by atoms with E-state index >= 15 is 0 Å². The molecule has 32 heavy (non-hydrogen) atoms. The van der Waals surface area contributed by atoms with Crippen molar-refractivity contribution in [3.63, 3.8) is 0 Å². The topological polar surface area (TPSA) is 84.6 Å². The number of aliphatic carboxylic acids is 1. The van der Waals surface area contributed by atoms with Crippen molar-refractivity contribution >= 4 is 23.9 Å². The minimum Gasteiger partial charge on any atom is -0.543 e. The van der Waals surface area contributed by atoms with Crippen LogP contribution in [0.25, 0.3) is 6.08 Å². The van der Waals surface area contributed by atoms with Crippen LogP contribution in [0.1, 0.15) is 24.6 Å². The summed E-state index contributed by atoms with van der Waals surface area (Å²) < 4.78 is 2.08. The lowest BCUT2D eigenvalue weighted by Crippen LogP contribution is -2.73. The molecule has 4 heterocycles. The Hall–Kier alpha value is -3.74. The van der Waals surface area contributed by atoms with Gasteiger partial charge in [0.15, 0.2) is 12.7 Å². The van der Waals surface area contributed by atoms with Crippen molar-refractivity contribution in [1.82, 2.24) is 9.80 Å². The average Bonchev–Trinajstić information content (AvgIpc) is 3.11. The molecule has 7 heteroatoms. The lowest BCUT2D eigenvalue weighted by atomic mass is 9.78. The SMILES string of the molecule is CC(=O)N1CCC2C(/C=C/c3cccc[n+]3Cc3ccccc3)=C(C(=O)[O-])N3C(=O)[C@@H]1[C@@H]23. The fraction of sp³-hybridized carbons (Fsp3) is 0.280. The Morgan fingerprint density at radius 3 is 2.59 bits per heavy atom. The number of carbonyl (C=O) groups excluding carboxylic acids is 3. The zero-order chi connectivity index (χ0) is 22.4. The lowest BCUT2D eigenvalue weighted by Gasteiger charge is -2.53. The van der Waals surface area contributed by atoms with Crippen LogP contribution in [0.5, 0.6) is 0 Å². The molecular formula is C25H23N3O4. The molecule has 3 aliphatic heterocycles. The molecule has 2 amide bonds. The first-order chi connectivity index (χ1) is 15.5. The summed E-state index contributed by atoms with van der Waals surface area (Å²) in [6.45, 7) is 2.57. The molecule has 0 bridgehead atoms. The van der Waals surface area contributed by atoms with Gasteiger partial charge in [0, 0.05) is 43.2 Å². The molecule has 1 aromatic heterocycles. The molecule has 1 aromatic carbocycles. The number of benzene rings is 1. The number of β-lactam (4-membered cyclic amide) rings is 1. The number of hydrogen-bond donors (Lipinski definition) is 0. The van der Waals surface area contributed by atoms with Gasteiger partial charge in [0.25, 0.3) is 5.91 Å². The summed E-state index contributed by atoms with van der Waals surface area (Å²) in [7, 11) is 0. The minimum atomic E-state index is -1.36. The highest BCUT2D eigenvalue weighted by Crippen LogP contribution is 2.49. The molecule has 0 N–H and O–H groups in total. The van der Waals surface area contributed by atoms with Gasteiger partial charge in [-0.2, -0.15) is 4.57 Å². The summed E-state index contributed by atoms with van der Waals surface area (Å²) in [5.41, 5.74) is 2.61. The third-order valence-electron chi connectivity index (χ3n) is 6.66. The third kappa shape index (κ3) is 3.12. The number of allylic oxidation sites excluding steroid dienone is 1. The Kier molecular flexibility index (Phi) is 4.89. The summed E-state index contributed by atoms with van der Waals surface area (Å²) in [5, 5.41) is 12.0. The zero-order valence-corrected chi connectivity index (χ0v) is 17.7. The summed E-state index contributed by atoms with van der Waals surface area (Å²) in [6.07, 6.45) is 6.29. The highest BCUT2D eigenvalue weighted by molar-refractivity contribution is 6.03. The van der Waals surface area contributed by atoms with E-state index in [1.807, 2.05) is 48.7 Å². The first-order valence-corrected chi connectivity index (χ1v) is 10.7. The normalized spacial score (nSPS) is 24.0. The highest BCUT2D eigenvalue weighted by atomic mass is 16.4. The molecule has 162 valence electrons. The number of carbonyl (C=O) groups is 3. The Morgan fingerprint density at radius 1 is 1.12 bits per heavy atom. The molecule has 0 radical (unpaired) electrons. The zero-order valence-electron chi connectivity index (χ0n) is 17.7. The number of carboxylic acids is 1. The van der Waals surface area contributed by atoms with E-state index in [0.29, 0.717) is 25.1 Å². The van der Waals surface area contributed by atoms with Gasteiger partial charge in [-0.15, -0.1) is 0 Å². The quantitative estimate of drug-likeness (QED) is 0.512. The second-order valence-electron chi connectivity index (χ2n) is 8.41. The molecular weight excluding hydrogens is 406 g/mol. The molecule has 0 spiro atoms. The number of aromatic nitrogens is 1. The molecule has 1 unspecified atom stereocenters. The lowest BCUT2D eigenvalue weighted by molar-refractivity contribution is -0.690. The van der Waals surface area contributed by atoms with Gasteiger partial charge in [-0.05, 0) is 24.1 Å². The van der Waals surface area contributed by atoms with Crippen molar-refractivity contribution < 1.29 is 24.1 Å². The fourth-order valence-electron chi connectivity index (χ4n) is 5.23. The van der Waals surface area contributed by atoms with E-state index in [1.54, 1.807) is 11.0 Å². The average molecular weight is 429 g/mol. The van der Waals surface area contributed by atoms with Crippen molar-refractivity contribution in [3.8, 4) is 0 Å². The van der Waals surface area contributed by atoms with Crippen molar-refractivity contribution in [1.29, 1.82) is 0 Å². The summed E-state index contributed by atoms with van der Waals surface area (Å²) in [6, 6.07) is 15.0. The van der Waals surface area contributed by atoms with Crippen molar-refractivity contribution in [3.05, 3.63) is 83.3 Å². The number of rotatable bonds is 5. The van der Waals surface area contributed by atoms with Crippen molar-refractivity contribution in [2.75, 3.05) is 6.54 Å². The van der Waals surface area contributed by atoms with Crippen LogP contribution in [-0.4, -0.2) is 46.2 Å². The fourth-order valence-corrected chi connectivity index (χ4v) is 5.23. The largest absolute Gasteiger partial charge is 0.543 e. The van der Waals surface area contributed by atoms with Gasteiger partial charge in [0.2, 0.25) is 11.6 Å². The Balaban J connectivity index is 1.48. The maximum atomic E-state index is 12.7. The predicted molar refractivity (Wildman–Crippen MR) is 113 cm³/mol. The highest BCUT2D eigenvalue weighted by Gasteiger charge is 2.62. The molecule has 2 fully saturated rings. The van der Waals surface area contributed by atoms with Crippen molar-refractivity contribution in [2.24, 2.45) is 5.92 Å². The van der Waals surface area contributed by atoms with Crippen LogP contribution in [-0.2, 0) is 20.9 Å². The van der Waals surface area contributed by atoms with E-state index in [1.165, 1.54) is 11.8 Å². The second kappa shape index (κ2) is 7.75. The third-order valence-corrected chi connectivity index (χ3v) is 6.66. The van der Waals surface area contributed by atoms with E-state index < -0.39 is 12.0 Å².